The zero-order chi connectivity index (χ0) is 19.3. The average Bonchev–Trinajstić information content (AvgIpc) is 2.58. The highest BCUT2D eigenvalue weighted by atomic mass is 35.5. The number of rotatable bonds is 4. The zero-order valence-electron chi connectivity index (χ0n) is 12.9. The van der Waals surface area contributed by atoms with Gasteiger partial charge in [-0.3, -0.25) is 4.79 Å². The molecule has 0 aliphatic heterocycles. The van der Waals surface area contributed by atoms with Gasteiger partial charge in [-0.1, -0.05) is 23.7 Å². The van der Waals surface area contributed by atoms with E-state index in [9.17, 15) is 23.1 Å². The van der Waals surface area contributed by atoms with E-state index in [1.54, 1.807) is 18.2 Å². The lowest BCUT2D eigenvalue weighted by Gasteiger charge is -2.11. The number of nitriles is 1. The second-order valence-corrected chi connectivity index (χ2v) is 5.39. The van der Waals surface area contributed by atoms with Crippen LogP contribution in [0.3, 0.4) is 0 Å². The van der Waals surface area contributed by atoms with Gasteiger partial charge in [0.25, 0.3) is 5.91 Å². The second-order valence-electron chi connectivity index (χ2n) is 4.98. The molecule has 0 unspecified atom stereocenters. The number of aromatic hydroxyl groups is 1. The van der Waals surface area contributed by atoms with Crippen LogP contribution in [0.25, 0.3) is 0 Å². The lowest BCUT2D eigenvalue weighted by Crippen LogP contribution is -2.14. The summed E-state index contributed by atoms with van der Waals surface area (Å²) in [6.45, 7) is 0. The number of para-hydroxylation sites is 2. The molecule has 2 aromatic rings. The van der Waals surface area contributed by atoms with Gasteiger partial charge in [0.15, 0.2) is 0 Å². The molecule has 2 aromatic carbocycles. The highest BCUT2D eigenvalue weighted by molar-refractivity contribution is 6.31. The number of nitrogens with one attached hydrogen (secondary N) is 2. The maximum Gasteiger partial charge on any atom is 0.417 e. The molecule has 0 aliphatic rings. The molecule has 0 saturated heterocycles. The van der Waals surface area contributed by atoms with Crippen molar-refractivity contribution in [1.29, 1.82) is 5.26 Å². The molecule has 2 rings (SSSR count). The van der Waals surface area contributed by atoms with E-state index >= 15 is 0 Å². The van der Waals surface area contributed by atoms with Crippen LogP contribution in [0.2, 0.25) is 5.02 Å². The maximum absolute atomic E-state index is 12.8. The van der Waals surface area contributed by atoms with Crippen LogP contribution < -0.4 is 10.6 Å². The summed E-state index contributed by atoms with van der Waals surface area (Å²) in [5.74, 6) is -1.04. The lowest BCUT2D eigenvalue weighted by molar-refractivity contribution is -0.137. The van der Waals surface area contributed by atoms with Crippen LogP contribution in [-0.4, -0.2) is 11.0 Å². The Morgan fingerprint density at radius 3 is 2.54 bits per heavy atom. The fourth-order valence-electron chi connectivity index (χ4n) is 1.91. The first-order chi connectivity index (χ1) is 12.2. The normalized spacial score (nSPS) is 11.6. The molecule has 0 bridgehead atoms. The van der Waals surface area contributed by atoms with Crippen molar-refractivity contribution in [1.82, 2.24) is 0 Å². The predicted molar refractivity (Wildman–Crippen MR) is 90.5 cm³/mol. The molecule has 1 amide bonds. The van der Waals surface area contributed by atoms with Crippen molar-refractivity contribution in [3.8, 4) is 11.8 Å². The molecule has 0 atom stereocenters. The van der Waals surface area contributed by atoms with Crippen molar-refractivity contribution in [2.75, 3.05) is 10.6 Å². The Labute approximate surface area is 151 Å². The molecule has 0 aromatic heterocycles. The van der Waals surface area contributed by atoms with Gasteiger partial charge in [-0.15, -0.1) is 0 Å². The molecule has 0 fully saturated rings. The van der Waals surface area contributed by atoms with Crippen LogP contribution in [0, 0.1) is 11.3 Å². The lowest BCUT2D eigenvalue weighted by atomic mass is 10.2. The smallest absolute Gasteiger partial charge is 0.417 e. The van der Waals surface area contributed by atoms with Gasteiger partial charge in [0.1, 0.15) is 17.4 Å². The fraction of sp³-hybridized carbons (Fsp3) is 0.0588. The number of phenols is 1. The SMILES string of the molecule is N#C/C(=C/Nc1ccc(Cl)c(C(F)(F)F)c1)C(=O)Nc1ccccc1O. The van der Waals surface area contributed by atoms with E-state index in [0.29, 0.717) is 0 Å². The number of hydrogen-bond acceptors (Lipinski definition) is 4. The minimum atomic E-state index is -4.64. The highest BCUT2D eigenvalue weighted by Crippen LogP contribution is 2.36. The van der Waals surface area contributed by atoms with Crippen molar-refractivity contribution < 1.29 is 23.1 Å². The third-order valence-electron chi connectivity index (χ3n) is 3.17. The topological polar surface area (TPSA) is 85.2 Å². The van der Waals surface area contributed by atoms with E-state index in [-0.39, 0.29) is 17.1 Å². The van der Waals surface area contributed by atoms with Gasteiger partial charge in [-0.25, -0.2) is 0 Å². The van der Waals surface area contributed by atoms with Crippen molar-refractivity contribution in [2.45, 2.75) is 6.18 Å². The minimum absolute atomic E-state index is 0.00941. The number of nitrogens with zero attached hydrogens (tertiary/aromatic N) is 1. The van der Waals surface area contributed by atoms with Crippen LogP contribution >= 0.6 is 11.6 Å². The molecule has 9 heteroatoms. The molecule has 134 valence electrons. The second kappa shape index (κ2) is 7.80. The van der Waals surface area contributed by atoms with E-state index in [1.165, 1.54) is 18.2 Å². The molecule has 0 aliphatic carbocycles. The maximum atomic E-state index is 12.8. The van der Waals surface area contributed by atoms with E-state index < -0.39 is 28.2 Å². The Morgan fingerprint density at radius 1 is 1.23 bits per heavy atom. The molecular weight excluding hydrogens is 371 g/mol. The van der Waals surface area contributed by atoms with E-state index in [4.69, 9.17) is 16.9 Å². The number of carbonyl (C=O) groups excluding carboxylic acids is 1. The molecule has 26 heavy (non-hydrogen) atoms. The Balaban J connectivity index is 2.19. The first-order valence-electron chi connectivity index (χ1n) is 7.05. The van der Waals surface area contributed by atoms with Gasteiger partial charge < -0.3 is 15.7 Å². The number of carbonyl (C=O) groups is 1. The van der Waals surface area contributed by atoms with Gasteiger partial charge in [0.05, 0.1) is 16.3 Å². The van der Waals surface area contributed by atoms with Crippen molar-refractivity contribution in [3.05, 3.63) is 64.8 Å². The number of alkyl halides is 3. The van der Waals surface area contributed by atoms with E-state index in [0.717, 1.165) is 18.3 Å². The molecule has 0 radical (unpaired) electrons. The Hall–Kier alpha value is -3.18. The van der Waals surface area contributed by atoms with Gasteiger partial charge in [-0.05, 0) is 30.3 Å². The number of hydrogen-bond donors (Lipinski definition) is 3. The summed E-state index contributed by atoms with van der Waals surface area (Å²) in [7, 11) is 0. The van der Waals surface area contributed by atoms with E-state index in [1.807, 2.05) is 0 Å². The first kappa shape index (κ1) is 19.1. The van der Waals surface area contributed by atoms with Crippen molar-refractivity contribution >= 4 is 28.9 Å². The standard InChI is InChI=1S/C17H11ClF3N3O2/c18-13-6-5-11(7-12(13)17(19,20)21)23-9-10(8-22)16(26)24-14-3-1-2-4-15(14)25/h1-7,9,23,25H,(H,24,26)/b10-9-. The quantitative estimate of drug-likeness (QED) is 0.413. The van der Waals surface area contributed by atoms with Gasteiger partial charge in [-0.2, -0.15) is 18.4 Å². The van der Waals surface area contributed by atoms with Gasteiger partial charge in [0.2, 0.25) is 0 Å². The Bertz CT molecular complexity index is 905. The fourth-order valence-corrected chi connectivity index (χ4v) is 2.13. The third kappa shape index (κ3) is 4.68. The van der Waals surface area contributed by atoms with Crippen LogP contribution in [0.1, 0.15) is 5.56 Å². The van der Waals surface area contributed by atoms with Gasteiger partial charge in [0, 0.05) is 11.9 Å². The Morgan fingerprint density at radius 2 is 1.92 bits per heavy atom. The third-order valence-corrected chi connectivity index (χ3v) is 3.50. The van der Waals surface area contributed by atoms with Crippen molar-refractivity contribution in [3.63, 3.8) is 0 Å². The molecule has 5 nitrogen and oxygen atoms in total. The largest absolute Gasteiger partial charge is 0.506 e. The Kier molecular flexibility index (Phi) is 5.75. The summed E-state index contributed by atoms with van der Waals surface area (Å²) in [5, 5.41) is 23.0. The van der Waals surface area contributed by atoms with Gasteiger partial charge >= 0.3 is 6.18 Å². The number of anilines is 2. The van der Waals surface area contributed by atoms with Crippen LogP contribution in [0.5, 0.6) is 5.75 Å². The summed E-state index contributed by atoms with van der Waals surface area (Å²) >= 11 is 5.52. The number of amides is 1. The highest BCUT2D eigenvalue weighted by Gasteiger charge is 2.33. The summed E-state index contributed by atoms with van der Waals surface area (Å²) in [4.78, 5) is 12.0. The number of benzene rings is 2. The number of phenolic OH excluding ortho intramolecular Hbond substituents is 1. The average molecular weight is 382 g/mol. The summed E-state index contributed by atoms with van der Waals surface area (Å²) in [6.07, 6.45) is -3.68. The molecule has 0 saturated carbocycles. The summed E-state index contributed by atoms with van der Waals surface area (Å²) < 4.78 is 38.5. The van der Waals surface area contributed by atoms with Crippen LogP contribution in [0.4, 0.5) is 24.5 Å². The van der Waals surface area contributed by atoms with Crippen LogP contribution in [-0.2, 0) is 11.0 Å². The monoisotopic (exact) mass is 381 g/mol. The summed E-state index contributed by atoms with van der Waals surface area (Å²) in [5.41, 5.74) is -1.37. The van der Waals surface area contributed by atoms with Crippen LogP contribution in [0.15, 0.2) is 54.2 Å². The molecule has 3 N–H and O–H groups in total. The molecular formula is C17H11ClF3N3O2. The zero-order valence-corrected chi connectivity index (χ0v) is 13.7. The first-order valence-corrected chi connectivity index (χ1v) is 7.43. The minimum Gasteiger partial charge on any atom is -0.506 e. The number of halogens is 4. The van der Waals surface area contributed by atoms with E-state index in [2.05, 4.69) is 10.6 Å². The molecule has 0 spiro atoms. The predicted octanol–water partition coefficient (Wildman–Crippen LogP) is 4.52. The van der Waals surface area contributed by atoms with Crippen molar-refractivity contribution in [2.24, 2.45) is 0 Å². The summed E-state index contributed by atoms with van der Waals surface area (Å²) in [6, 6.07) is 10.6. The molecule has 0 heterocycles.